The number of ether oxygens (including phenoxy) is 1. The summed E-state index contributed by atoms with van der Waals surface area (Å²) in [6, 6.07) is 9.54. The smallest absolute Gasteiger partial charge is 0.269 e. The van der Waals surface area contributed by atoms with Gasteiger partial charge in [0.15, 0.2) is 0 Å². The van der Waals surface area contributed by atoms with Crippen molar-refractivity contribution in [1.82, 2.24) is 4.90 Å². The van der Waals surface area contributed by atoms with Gasteiger partial charge < -0.3 is 14.1 Å². The van der Waals surface area contributed by atoms with Crippen LogP contribution in [0.4, 0.5) is 5.69 Å². The Bertz CT molecular complexity index is 692. The SMILES string of the molecule is COCCN(Cc1ccco1)C(=O)/C=C/c1ccc([N+](=O)[O-])cc1. The highest BCUT2D eigenvalue weighted by Gasteiger charge is 2.12. The first-order valence-electron chi connectivity index (χ1n) is 7.33. The van der Waals surface area contributed by atoms with Gasteiger partial charge in [0.2, 0.25) is 5.91 Å². The third-order valence-electron chi connectivity index (χ3n) is 3.33. The second-order valence-electron chi connectivity index (χ2n) is 5.01. The van der Waals surface area contributed by atoms with Crippen molar-refractivity contribution in [1.29, 1.82) is 0 Å². The van der Waals surface area contributed by atoms with Gasteiger partial charge in [0.1, 0.15) is 5.76 Å². The maximum Gasteiger partial charge on any atom is 0.269 e. The summed E-state index contributed by atoms with van der Waals surface area (Å²) in [5.41, 5.74) is 0.719. The Labute approximate surface area is 139 Å². The molecular formula is C17H18N2O5. The Morgan fingerprint density at radius 2 is 2.08 bits per heavy atom. The Hall–Kier alpha value is -2.93. The minimum Gasteiger partial charge on any atom is -0.467 e. The second kappa shape index (κ2) is 8.64. The molecule has 7 heteroatoms. The van der Waals surface area contributed by atoms with Crippen molar-refractivity contribution >= 4 is 17.7 Å². The lowest BCUT2D eigenvalue weighted by Crippen LogP contribution is -2.31. The zero-order valence-corrected chi connectivity index (χ0v) is 13.3. The van der Waals surface area contributed by atoms with E-state index in [0.29, 0.717) is 31.0 Å². The minimum absolute atomic E-state index is 0.0121. The zero-order valence-electron chi connectivity index (χ0n) is 13.3. The molecule has 0 atom stereocenters. The standard InChI is InChI=1S/C17H18N2O5/c1-23-12-10-18(13-16-3-2-11-24-16)17(20)9-6-14-4-7-15(8-5-14)19(21)22/h2-9,11H,10,12-13H2,1H3/b9-6+. The Morgan fingerprint density at radius 1 is 1.33 bits per heavy atom. The molecule has 0 saturated heterocycles. The molecule has 1 amide bonds. The lowest BCUT2D eigenvalue weighted by molar-refractivity contribution is -0.384. The second-order valence-corrected chi connectivity index (χ2v) is 5.01. The summed E-state index contributed by atoms with van der Waals surface area (Å²) in [6.07, 6.45) is 4.61. The van der Waals surface area contributed by atoms with E-state index in [-0.39, 0.29) is 11.6 Å². The number of benzene rings is 1. The Kier molecular flexibility index (Phi) is 6.27. The van der Waals surface area contributed by atoms with Gasteiger partial charge in [0.05, 0.1) is 24.3 Å². The Balaban J connectivity index is 2.03. The monoisotopic (exact) mass is 330 g/mol. The summed E-state index contributed by atoms with van der Waals surface area (Å²) in [7, 11) is 1.57. The quantitative estimate of drug-likeness (QED) is 0.422. The summed E-state index contributed by atoms with van der Waals surface area (Å²) >= 11 is 0. The lowest BCUT2D eigenvalue weighted by atomic mass is 10.2. The van der Waals surface area contributed by atoms with Crippen molar-refractivity contribution in [3.63, 3.8) is 0 Å². The summed E-state index contributed by atoms with van der Waals surface area (Å²) in [5.74, 6) is 0.491. The maximum atomic E-state index is 12.4. The normalized spacial score (nSPS) is 10.9. The topological polar surface area (TPSA) is 85.8 Å². The molecule has 0 saturated carbocycles. The van der Waals surface area contributed by atoms with Gasteiger partial charge in [-0.3, -0.25) is 14.9 Å². The molecule has 1 aromatic carbocycles. The van der Waals surface area contributed by atoms with E-state index in [4.69, 9.17) is 9.15 Å². The fourth-order valence-electron chi connectivity index (χ4n) is 2.04. The van der Waals surface area contributed by atoms with E-state index in [1.165, 1.54) is 18.2 Å². The van der Waals surface area contributed by atoms with Crippen LogP contribution in [0.15, 0.2) is 53.2 Å². The van der Waals surface area contributed by atoms with Crippen LogP contribution >= 0.6 is 0 Å². The van der Waals surface area contributed by atoms with E-state index < -0.39 is 4.92 Å². The van der Waals surface area contributed by atoms with Crippen LogP contribution in [0.3, 0.4) is 0 Å². The highest BCUT2D eigenvalue weighted by molar-refractivity contribution is 5.91. The molecule has 0 fully saturated rings. The number of methoxy groups -OCH3 is 1. The zero-order chi connectivity index (χ0) is 17.4. The van der Waals surface area contributed by atoms with Gasteiger partial charge in [-0.1, -0.05) is 0 Å². The molecule has 0 bridgehead atoms. The highest BCUT2D eigenvalue weighted by atomic mass is 16.6. The number of carbonyl (C=O) groups is 1. The first-order valence-corrected chi connectivity index (χ1v) is 7.33. The Morgan fingerprint density at radius 3 is 2.67 bits per heavy atom. The van der Waals surface area contributed by atoms with E-state index in [0.717, 1.165) is 0 Å². The largest absolute Gasteiger partial charge is 0.467 e. The molecule has 0 aliphatic rings. The number of nitrogens with zero attached hydrogens (tertiary/aromatic N) is 2. The van der Waals surface area contributed by atoms with Crippen LogP contribution in [-0.2, 0) is 16.1 Å². The predicted molar refractivity (Wildman–Crippen MR) is 88.1 cm³/mol. The van der Waals surface area contributed by atoms with E-state index in [1.807, 2.05) is 0 Å². The molecule has 0 N–H and O–H groups in total. The number of amides is 1. The van der Waals surface area contributed by atoms with Crippen LogP contribution in [0.1, 0.15) is 11.3 Å². The van der Waals surface area contributed by atoms with Gasteiger partial charge in [-0.2, -0.15) is 0 Å². The van der Waals surface area contributed by atoms with Gasteiger partial charge in [0, 0.05) is 31.9 Å². The number of hydrogen-bond acceptors (Lipinski definition) is 5. The molecule has 7 nitrogen and oxygen atoms in total. The van der Waals surface area contributed by atoms with E-state index >= 15 is 0 Å². The average molecular weight is 330 g/mol. The van der Waals surface area contributed by atoms with Gasteiger partial charge in [-0.25, -0.2) is 0 Å². The number of nitro benzene ring substituents is 1. The van der Waals surface area contributed by atoms with Gasteiger partial charge >= 0.3 is 0 Å². The first-order chi connectivity index (χ1) is 11.6. The van der Waals surface area contributed by atoms with Crippen LogP contribution in [-0.4, -0.2) is 36.0 Å². The molecule has 126 valence electrons. The third-order valence-corrected chi connectivity index (χ3v) is 3.33. The number of rotatable bonds is 8. The molecule has 0 aliphatic heterocycles. The van der Waals surface area contributed by atoms with Crippen molar-refractivity contribution in [3.05, 3.63) is 70.2 Å². The number of hydrogen-bond donors (Lipinski definition) is 0. The van der Waals surface area contributed by atoms with Crippen LogP contribution in [0, 0.1) is 10.1 Å². The van der Waals surface area contributed by atoms with E-state index in [2.05, 4.69) is 0 Å². The first kappa shape index (κ1) is 17.4. The predicted octanol–water partition coefficient (Wildman–Crippen LogP) is 2.88. The van der Waals surface area contributed by atoms with Gasteiger partial charge in [-0.05, 0) is 35.9 Å². The molecule has 0 unspecified atom stereocenters. The average Bonchev–Trinajstić information content (AvgIpc) is 3.10. The summed E-state index contributed by atoms with van der Waals surface area (Å²) in [4.78, 5) is 24.1. The highest BCUT2D eigenvalue weighted by Crippen LogP contribution is 2.13. The molecule has 0 aliphatic carbocycles. The van der Waals surface area contributed by atoms with E-state index in [1.54, 1.807) is 48.6 Å². The fraction of sp³-hybridized carbons (Fsp3) is 0.235. The summed E-state index contributed by atoms with van der Waals surface area (Å²) in [5, 5.41) is 10.6. The van der Waals surface area contributed by atoms with E-state index in [9.17, 15) is 14.9 Å². The van der Waals surface area contributed by atoms with Crippen molar-refractivity contribution < 1.29 is 18.9 Å². The maximum absolute atomic E-state index is 12.4. The number of nitro groups is 1. The lowest BCUT2D eigenvalue weighted by Gasteiger charge is -2.19. The van der Waals surface area contributed by atoms with Crippen molar-refractivity contribution in [2.45, 2.75) is 6.54 Å². The van der Waals surface area contributed by atoms with Gasteiger partial charge in [0.25, 0.3) is 5.69 Å². The number of non-ortho nitro benzene ring substituents is 1. The number of furan rings is 1. The van der Waals surface area contributed by atoms with Crippen LogP contribution < -0.4 is 0 Å². The van der Waals surface area contributed by atoms with Crippen molar-refractivity contribution in [2.75, 3.05) is 20.3 Å². The van der Waals surface area contributed by atoms with Crippen LogP contribution in [0.5, 0.6) is 0 Å². The summed E-state index contributed by atoms with van der Waals surface area (Å²) < 4.78 is 10.3. The molecule has 0 radical (unpaired) electrons. The van der Waals surface area contributed by atoms with Crippen molar-refractivity contribution in [3.8, 4) is 0 Å². The molecular weight excluding hydrogens is 312 g/mol. The fourth-order valence-corrected chi connectivity index (χ4v) is 2.04. The molecule has 2 rings (SSSR count). The molecule has 0 spiro atoms. The van der Waals surface area contributed by atoms with Crippen molar-refractivity contribution in [2.24, 2.45) is 0 Å². The third kappa shape index (κ3) is 5.06. The minimum atomic E-state index is -0.464. The van der Waals surface area contributed by atoms with Crippen LogP contribution in [0.25, 0.3) is 6.08 Å². The van der Waals surface area contributed by atoms with Crippen LogP contribution in [0.2, 0.25) is 0 Å². The molecule has 1 heterocycles. The molecule has 24 heavy (non-hydrogen) atoms. The van der Waals surface area contributed by atoms with Gasteiger partial charge in [-0.15, -0.1) is 0 Å². The number of carbonyl (C=O) groups excluding carboxylic acids is 1. The summed E-state index contributed by atoms with van der Waals surface area (Å²) in [6.45, 7) is 1.19. The molecule has 2 aromatic rings. The molecule has 1 aromatic heterocycles.